The molecule has 0 radical (unpaired) electrons. The number of hydrogen-bond donors (Lipinski definition) is 1. The number of hydrogen-bond acceptors (Lipinski definition) is 3. The van der Waals surface area contributed by atoms with Crippen LogP contribution in [0.15, 0.2) is 12.2 Å². The van der Waals surface area contributed by atoms with Crippen LogP contribution in [-0.4, -0.2) is 29.4 Å². The Morgan fingerprint density at radius 2 is 2.00 bits per heavy atom. The van der Waals surface area contributed by atoms with E-state index in [1.807, 2.05) is 0 Å². The molecule has 0 heterocycles. The average molecular weight is 288 g/mol. The molecular weight excluding hydrogens is 266 g/mol. The summed E-state index contributed by atoms with van der Waals surface area (Å²) in [5.41, 5.74) is -0.453. The Morgan fingerprint density at radius 3 is 2.53 bits per heavy atom. The van der Waals surface area contributed by atoms with E-state index >= 15 is 0 Å². The lowest BCUT2D eigenvalue weighted by atomic mass is 9.81. The van der Waals surface area contributed by atoms with E-state index in [9.17, 15) is 9.59 Å². The van der Waals surface area contributed by atoms with E-state index in [0.717, 1.165) is 32.1 Å². The quantitative estimate of drug-likeness (QED) is 0.480. The molecule has 108 valence electrons. The number of carbonyl (C=O) groups is 2. The predicted molar refractivity (Wildman–Crippen MR) is 75.0 cm³/mol. The molecule has 19 heavy (non-hydrogen) atoms. The maximum Gasteiger partial charge on any atom is 0.330 e. The lowest BCUT2D eigenvalue weighted by molar-refractivity contribution is -0.137. The molecule has 0 spiro atoms. The molecule has 1 N–H and O–H groups in total. The fourth-order valence-corrected chi connectivity index (χ4v) is 2.33. The highest BCUT2D eigenvalue weighted by atomic mass is 35.5. The molecule has 0 aromatic carbocycles. The molecule has 1 aliphatic rings. The van der Waals surface area contributed by atoms with Crippen LogP contribution in [-0.2, 0) is 14.3 Å². The van der Waals surface area contributed by atoms with Crippen molar-refractivity contribution in [1.29, 1.82) is 0 Å². The summed E-state index contributed by atoms with van der Waals surface area (Å²) in [4.78, 5) is 23.2. The first-order chi connectivity index (χ1) is 8.99. The summed E-state index contributed by atoms with van der Waals surface area (Å²) < 4.78 is 4.87. The second-order valence-electron chi connectivity index (χ2n) is 4.91. The van der Waals surface area contributed by atoms with Gasteiger partial charge in [0.15, 0.2) is 0 Å². The summed E-state index contributed by atoms with van der Waals surface area (Å²) in [7, 11) is 0. The van der Waals surface area contributed by atoms with Crippen molar-refractivity contribution in [2.45, 2.75) is 56.9 Å². The molecule has 1 aliphatic carbocycles. The van der Waals surface area contributed by atoms with Crippen LogP contribution < -0.4 is 5.32 Å². The van der Waals surface area contributed by atoms with Gasteiger partial charge in [0.05, 0.1) is 12.1 Å². The Labute approximate surface area is 119 Å². The molecule has 1 atom stereocenters. The average Bonchev–Trinajstić information content (AvgIpc) is 2.38. The molecule has 1 saturated carbocycles. The molecular formula is C14H22ClNO3. The summed E-state index contributed by atoms with van der Waals surface area (Å²) in [6.45, 7) is 3.75. The summed E-state index contributed by atoms with van der Waals surface area (Å²) in [6, 6.07) is 0. The summed E-state index contributed by atoms with van der Waals surface area (Å²) in [5, 5.41) is 2.39. The molecule has 0 aliphatic heterocycles. The first-order valence-corrected chi connectivity index (χ1v) is 7.25. The van der Waals surface area contributed by atoms with Gasteiger partial charge in [-0.25, -0.2) is 4.79 Å². The van der Waals surface area contributed by atoms with Gasteiger partial charge in [-0.3, -0.25) is 4.79 Å². The minimum Gasteiger partial charge on any atom is -0.463 e. The van der Waals surface area contributed by atoms with Crippen LogP contribution in [0.4, 0.5) is 0 Å². The van der Waals surface area contributed by atoms with Crippen LogP contribution in [0.2, 0.25) is 0 Å². The van der Waals surface area contributed by atoms with Gasteiger partial charge in [-0.15, -0.1) is 11.6 Å². The number of halogens is 1. The number of rotatable bonds is 5. The van der Waals surface area contributed by atoms with Gasteiger partial charge >= 0.3 is 5.97 Å². The van der Waals surface area contributed by atoms with Crippen molar-refractivity contribution in [3.05, 3.63) is 12.2 Å². The van der Waals surface area contributed by atoms with E-state index in [0.29, 0.717) is 6.61 Å². The van der Waals surface area contributed by atoms with Crippen molar-refractivity contribution in [1.82, 2.24) is 5.32 Å². The maximum atomic E-state index is 11.8. The molecule has 0 bridgehead atoms. The van der Waals surface area contributed by atoms with Gasteiger partial charge in [-0.1, -0.05) is 25.3 Å². The highest BCUT2D eigenvalue weighted by molar-refractivity contribution is 6.30. The lowest BCUT2D eigenvalue weighted by Gasteiger charge is -2.36. The van der Waals surface area contributed by atoms with E-state index in [4.69, 9.17) is 16.3 Å². The maximum absolute atomic E-state index is 11.8. The zero-order chi connectivity index (χ0) is 14.3. The van der Waals surface area contributed by atoms with Crippen molar-refractivity contribution >= 4 is 23.5 Å². The number of esters is 1. The van der Waals surface area contributed by atoms with Gasteiger partial charge in [0.2, 0.25) is 5.91 Å². The zero-order valence-corrected chi connectivity index (χ0v) is 12.3. The molecule has 0 saturated heterocycles. The fraction of sp³-hybridized carbons (Fsp3) is 0.714. The normalized spacial score (nSPS) is 19.9. The second kappa shape index (κ2) is 7.53. The SMILES string of the molecule is CCOC(=O)/C=C/C1(NC(=O)C(C)Cl)CCCCC1. The number of amides is 1. The van der Waals surface area contributed by atoms with E-state index in [1.165, 1.54) is 6.08 Å². The Balaban J connectivity index is 2.75. The minimum atomic E-state index is -0.574. The molecule has 5 heteroatoms. The Morgan fingerprint density at radius 1 is 1.37 bits per heavy atom. The third-order valence-corrected chi connectivity index (χ3v) is 3.50. The van der Waals surface area contributed by atoms with Gasteiger partial charge in [0.1, 0.15) is 5.38 Å². The first kappa shape index (κ1) is 16.0. The number of carbonyl (C=O) groups excluding carboxylic acids is 2. The second-order valence-corrected chi connectivity index (χ2v) is 5.56. The fourth-order valence-electron chi connectivity index (χ4n) is 2.28. The third kappa shape index (κ3) is 5.23. The van der Waals surface area contributed by atoms with Crippen molar-refractivity contribution in [2.75, 3.05) is 6.61 Å². The molecule has 4 nitrogen and oxygen atoms in total. The van der Waals surface area contributed by atoms with Crippen molar-refractivity contribution in [2.24, 2.45) is 0 Å². The Bertz CT molecular complexity index is 347. The summed E-state index contributed by atoms with van der Waals surface area (Å²) in [6.07, 6.45) is 8.06. The van der Waals surface area contributed by atoms with E-state index in [1.54, 1.807) is 19.9 Å². The topological polar surface area (TPSA) is 55.4 Å². The standard InChI is InChI=1S/C14H22ClNO3/c1-3-19-12(17)7-10-14(8-5-4-6-9-14)16-13(18)11(2)15/h7,10-11H,3-6,8-9H2,1-2H3,(H,16,18)/b10-7+. The minimum absolute atomic E-state index is 0.197. The monoisotopic (exact) mass is 287 g/mol. The van der Waals surface area contributed by atoms with Gasteiger partial charge in [0.25, 0.3) is 0 Å². The molecule has 1 unspecified atom stereocenters. The van der Waals surface area contributed by atoms with Crippen LogP contribution in [0.3, 0.4) is 0 Å². The first-order valence-electron chi connectivity index (χ1n) is 6.81. The highest BCUT2D eigenvalue weighted by Crippen LogP contribution is 2.29. The smallest absolute Gasteiger partial charge is 0.330 e. The largest absolute Gasteiger partial charge is 0.463 e. The number of alkyl halides is 1. The van der Waals surface area contributed by atoms with Gasteiger partial charge in [-0.05, 0) is 26.7 Å². The van der Waals surface area contributed by atoms with Gasteiger partial charge in [-0.2, -0.15) is 0 Å². The van der Waals surface area contributed by atoms with Crippen LogP contribution in [0.1, 0.15) is 46.0 Å². The molecule has 0 aromatic heterocycles. The van der Waals surface area contributed by atoms with Crippen LogP contribution in [0, 0.1) is 0 Å². The number of ether oxygens (including phenoxy) is 1. The predicted octanol–water partition coefficient (Wildman–Crippen LogP) is 2.55. The summed E-state index contributed by atoms with van der Waals surface area (Å²) in [5.74, 6) is -0.572. The van der Waals surface area contributed by atoms with Crippen molar-refractivity contribution in [3.63, 3.8) is 0 Å². The molecule has 1 fully saturated rings. The number of nitrogens with one attached hydrogen (secondary N) is 1. The van der Waals surface area contributed by atoms with Gasteiger partial charge < -0.3 is 10.1 Å². The van der Waals surface area contributed by atoms with Crippen LogP contribution in [0.25, 0.3) is 0 Å². The van der Waals surface area contributed by atoms with Gasteiger partial charge in [0, 0.05) is 6.08 Å². The van der Waals surface area contributed by atoms with Crippen LogP contribution >= 0.6 is 11.6 Å². The highest BCUT2D eigenvalue weighted by Gasteiger charge is 2.32. The van der Waals surface area contributed by atoms with E-state index < -0.39 is 10.9 Å². The van der Waals surface area contributed by atoms with E-state index in [-0.39, 0.29) is 11.9 Å². The van der Waals surface area contributed by atoms with Crippen LogP contribution in [0.5, 0.6) is 0 Å². The zero-order valence-electron chi connectivity index (χ0n) is 11.6. The third-order valence-electron chi connectivity index (χ3n) is 3.30. The van der Waals surface area contributed by atoms with Crippen molar-refractivity contribution in [3.8, 4) is 0 Å². The Kier molecular flexibility index (Phi) is 6.35. The molecule has 0 aromatic rings. The van der Waals surface area contributed by atoms with Crippen molar-refractivity contribution < 1.29 is 14.3 Å². The molecule has 1 rings (SSSR count). The van der Waals surface area contributed by atoms with E-state index in [2.05, 4.69) is 5.32 Å². The summed E-state index contributed by atoms with van der Waals surface area (Å²) >= 11 is 5.79. The lowest BCUT2D eigenvalue weighted by Crippen LogP contribution is -2.50. The Hall–Kier alpha value is -1.03. The molecule has 1 amide bonds.